The molecule has 0 saturated heterocycles. The van der Waals surface area contributed by atoms with Gasteiger partial charge in [0.2, 0.25) is 0 Å². The largest absolute Gasteiger partial charge is 0.494 e. The topological polar surface area (TPSA) is 44.8 Å². The monoisotopic (exact) mass is 538 g/mol. The fourth-order valence-corrected chi connectivity index (χ4v) is 4.20. The van der Waals surface area contributed by atoms with Crippen molar-refractivity contribution in [2.45, 2.75) is 51.6 Å². The van der Waals surface area contributed by atoms with Gasteiger partial charge in [-0.1, -0.05) is 61.5 Å². The molecular formula is C32H41ClNO4+. The van der Waals surface area contributed by atoms with Crippen LogP contribution in [-0.4, -0.2) is 40.3 Å². The fourth-order valence-electron chi connectivity index (χ4n) is 3.99. The molecule has 3 aromatic rings. The zero-order chi connectivity index (χ0) is 27.2. The van der Waals surface area contributed by atoms with Gasteiger partial charge >= 0.3 is 5.97 Å². The van der Waals surface area contributed by atoms with Crippen LogP contribution in [0.2, 0.25) is 5.02 Å². The molecule has 0 aliphatic rings. The number of rotatable bonds is 16. The van der Waals surface area contributed by atoms with Gasteiger partial charge in [-0.25, -0.2) is 0 Å². The highest BCUT2D eigenvalue weighted by molar-refractivity contribution is 6.30. The molecule has 0 unspecified atom stereocenters. The molecule has 5 nitrogen and oxygen atoms in total. The van der Waals surface area contributed by atoms with E-state index in [0.717, 1.165) is 65.6 Å². The standard InChI is InChI=1S/C32H41ClNO4/c1-34(2,3)29-15-13-26(14-16-29)24-32(35)37-22-9-7-5-4-6-8-21-36-30-17-19-31(20-18-30)38-25-27-11-10-12-28(33)23-27/h10-20,23H,4-9,21-22,24-25H2,1-3H3/q+1. The number of benzene rings is 3. The van der Waals surface area contributed by atoms with E-state index < -0.39 is 0 Å². The number of hydrogen-bond donors (Lipinski definition) is 0. The summed E-state index contributed by atoms with van der Waals surface area (Å²) in [6.07, 6.45) is 6.77. The van der Waals surface area contributed by atoms with E-state index in [1.165, 1.54) is 5.69 Å². The average Bonchev–Trinajstić information content (AvgIpc) is 2.89. The van der Waals surface area contributed by atoms with Crippen molar-refractivity contribution in [3.8, 4) is 11.5 Å². The molecule has 0 aliphatic heterocycles. The highest BCUT2D eigenvalue weighted by Gasteiger charge is 2.12. The van der Waals surface area contributed by atoms with Gasteiger partial charge in [-0.05, 0) is 72.5 Å². The first-order valence-corrected chi connectivity index (χ1v) is 13.8. The Bertz CT molecular complexity index is 1110. The van der Waals surface area contributed by atoms with Crippen LogP contribution in [0, 0.1) is 0 Å². The molecule has 204 valence electrons. The van der Waals surface area contributed by atoms with Crippen molar-refractivity contribution >= 4 is 23.3 Å². The smallest absolute Gasteiger partial charge is 0.310 e. The van der Waals surface area contributed by atoms with Crippen molar-refractivity contribution in [3.63, 3.8) is 0 Å². The summed E-state index contributed by atoms with van der Waals surface area (Å²) in [5, 5.41) is 0.712. The Kier molecular flexibility index (Phi) is 12.0. The Morgan fingerprint density at radius 2 is 1.32 bits per heavy atom. The molecule has 0 bridgehead atoms. The molecule has 0 aliphatic carbocycles. The third kappa shape index (κ3) is 11.2. The van der Waals surface area contributed by atoms with Crippen molar-refractivity contribution in [3.05, 3.63) is 88.9 Å². The summed E-state index contributed by atoms with van der Waals surface area (Å²) < 4.78 is 17.8. The van der Waals surface area contributed by atoms with Crippen LogP contribution < -0.4 is 14.0 Å². The first kappa shape index (κ1) is 29.5. The Morgan fingerprint density at radius 1 is 0.711 bits per heavy atom. The van der Waals surface area contributed by atoms with E-state index in [0.29, 0.717) is 31.3 Å². The summed E-state index contributed by atoms with van der Waals surface area (Å²) in [5.74, 6) is 1.50. The molecule has 0 saturated carbocycles. The lowest BCUT2D eigenvalue weighted by atomic mass is 10.1. The van der Waals surface area contributed by atoms with Crippen LogP contribution in [0.15, 0.2) is 72.8 Å². The van der Waals surface area contributed by atoms with Crippen LogP contribution in [0.5, 0.6) is 11.5 Å². The zero-order valence-corrected chi connectivity index (χ0v) is 23.7. The second kappa shape index (κ2) is 15.4. The lowest BCUT2D eigenvalue weighted by molar-refractivity contribution is -0.142. The van der Waals surface area contributed by atoms with Crippen LogP contribution in [0.1, 0.15) is 49.7 Å². The van der Waals surface area contributed by atoms with Gasteiger partial charge in [0.05, 0.1) is 40.8 Å². The Balaban J connectivity index is 1.17. The number of halogens is 1. The van der Waals surface area contributed by atoms with Crippen LogP contribution in [0.3, 0.4) is 0 Å². The van der Waals surface area contributed by atoms with Crippen LogP contribution in [-0.2, 0) is 22.6 Å². The van der Waals surface area contributed by atoms with E-state index in [1.807, 2.05) is 60.7 Å². The molecule has 3 aromatic carbocycles. The SMILES string of the molecule is C[N+](C)(C)c1ccc(CC(=O)OCCCCCCCCOc2ccc(OCc3cccc(Cl)c3)cc2)cc1. The quantitative estimate of drug-likeness (QED) is 0.107. The molecule has 0 N–H and O–H groups in total. The molecular weight excluding hydrogens is 498 g/mol. The van der Waals surface area contributed by atoms with Gasteiger partial charge in [-0.15, -0.1) is 0 Å². The van der Waals surface area contributed by atoms with E-state index in [1.54, 1.807) is 0 Å². The minimum Gasteiger partial charge on any atom is -0.494 e. The van der Waals surface area contributed by atoms with Crippen molar-refractivity contribution in [2.24, 2.45) is 0 Å². The molecule has 0 fully saturated rings. The second-order valence-corrected chi connectivity index (χ2v) is 10.9. The summed E-state index contributed by atoms with van der Waals surface area (Å²) in [6, 6.07) is 23.6. The Hall–Kier alpha value is -3.02. The minimum atomic E-state index is -0.152. The van der Waals surface area contributed by atoms with Gasteiger partial charge in [-0.2, -0.15) is 0 Å². The third-order valence-electron chi connectivity index (χ3n) is 6.25. The van der Waals surface area contributed by atoms with E-state index in [2.05, 4.69) is 33.3 Å². The first-order chi connectivity index (χ1) is 18.3. The molecule has 0 aromatic heterocycles. The van der Waals surface area contributed by atoms with Crippen LogP contribution in [0.4, 0.5) is 5.69 Å². The summed E-state index contributed by atoms with van der Waals surface area (Å²) in [5.41, 5.74) is 3.24. The van der Waals surface area contributed by atoms with E-state index in [4.69, 9.17) is 25.8 Å². The van der Waals surface area contributed by atoms with Gasteiger partial charge in [0.15, 0.2) is 0 Å². The molecule has 3 rings (SSSR count). The maximum atomic E-state index is 12.1. The summed E-state index contributed by atoms with van der Waals surface area (Å²) >= 11 is 6.01. The summed E-state index contributed by atoms with van der Waals surface area (Å²) in [7, 11) is 6.37. The highest BCUT2D eigenvalue weighted by Crippen LogP contribution is 2.20. The zero-order valence-electron chi connectivity index (χ0n) is 23.0. The Morgan fingerprint density at radius 3 is 1.95 bits per heavy atom. The number of quaternary nitrogens is 1. The summed E-state index contributed by atoms with van der Waals surface area (Å²) in [6.45, 7) is 1.68. The van der Waals surface area contributed by atoms with Gasteiger partial charge in [0.1, 0.15) is 23.8 Å². The molecule has 0 spiro atoms. The van der Waals surface area contributed by atoms with Crippen molar-refractivity contribution in [1.82, 2.24) is 4.48 Å². The average molecular weight is 539 g/mol. The Labute approximate surface area is 232 Å². The minimum absolute atomic E-state index is 0.152. The molecule has 0 radical (unpaired) electrons. The van der Waals surface area contributed by atoms with Crippen molar-refractivity contribution in [1.29, 1.82) is 0 Å². The third-order valence-corrected chi connectivity index (χ3v) is 6.48. The first-order valence-electron chi connectivity index (χ1n) is 13.5. The summed E-state index contributed by atoms with van der Waals surface area (Å²) in [4.78, 5) is 12.1. The lowest BCUT2D eigenvalue weighted by Crippen LogP contribution is -2.34. The van der Waals surface area contributed by atoms with Crippen molar-refractivity contribution < 1.29 is 19.0 Å². The fraction of sp³-hybridized carbons (Fsp3) is 0.406. The maximum Gasteiger partial charge on any atom is 0.310 e. The number of nitrogens with zero attached hydrogens (tertiary/aromatic N) is 1. The van der Waals surface area contributed by atoms with E-state index >= 15 is 0 Å². The van der Waals surface area contributed by atoms with Crippen molar-refractivity contribution in [2.75, 3.05) is 34.4 Å². The molecule has 0 amide bonds. The van der Waals surface area contributed by atoms with E-state index in [9.17, 15) is 4.79 Å². The highest BCUT2D eigenvalue weighted by atomic mass is 35.5. The number of unbranched alkanes of at least 4 members (excludes halogenated alkanes) is 5. The van der Waals surface area contributed by atoms with Gasteiger partial charge < -0.3 is 14.2 Å². The molecule has 0 heterocycles. The number of carbonyl (C=O) groups excluding carboxylic acids is 1. The van der Waals surface area contributed by atoms with Gasteiger partial charge in [0, 0.05) is 5.02 Å². The van der Waals surface area contributed by atoms with Gasteiger partial charge in [-0.3, -0.25) is 9.28 Å². The normalized spacial score (nSPS) is 11.3. The maximum absolute atomic E-state index is 12.1. The van der Waals surface area contributed by atoms with Crippen LogP contribution in [0.25, 0.3) is 0 Å². The molecule has 38 heavy (non-hydrogen) atoms. The second-order valence-electron chi connectivity index (χ2n) is 10.4. The number of esters is 1. The van der Waals surface area contributed by atoms with E-state index in [-0.39, 0.29) is 5.97 Å². The predicted molar refractivity (Wildman–Crippen MR) is 156 cm³/mol. The molecule has 0 atom stereocenters. The van der Waals surface area contributed by atoms with Crippen LogP contribution >= 0.6 is 11.6 Å². The predicted octanol–water partition coefficient (Wildman–Crippen LogP) is 7.62. The molecule has 6 heteroatoms. The number of ether oxygens (including phenoxy) is 3. The lowest BCUT2D eigenvalue weighted by Gasteiger charge is -2.23. The van der Waals surface area contributed by atoms with Gasteiger partial charge in [0.25, 0.3) is 0 Å². The number of carbonyl (C=O) groups is 1. The number of hydrogen-bond acceptors (Lipinski definition) is 4.